The molecule has 0 radical (unpaired) electrons. The maximum atomic E-state index is 13.4. The highest BCUT2D eigenvalue weighted by Gasteiger charge is 2.40. The van der Waals surface area contributed by atoms with Gasteiger partial charge in [0.25, 0.3) is 0 Å². The Hall–Kier alpha value is -1.19. The van der Waals surface area contributed by atoms with E-state index in [9.17, 15) is 26.0 Å². The summed E-state index contributed by atoms with van der Waals surface area (Å²) in [5, 5.41) is 9.14. The van der Waals surface area contributed by atoms with E-state index in [-0.39, 0.29) is 23.4 Å². The number of halogens is 4. The van der Waals surface area contributed by atoms with E-state index in [1.165, 1.54) is 0 Å². The molecule has 1 aliphatic rings. The Morgan fingerprint density at radius 2 is 1.82 bits per heavy atom. The van der Waals surface area contributed by atoms with E-state index in [0.717, 1.165) is 28.6 Å². The summed E-state index contributed by atoms with van der Waals surface area (Å²) >= 11 is 0. The van der Waals surface area contributed by atoms with Gasteiger partial charge in [0.05, 0.1) is 24.0 Å². The van der Waals surface area contributed by atoms with Gasteiger partial charge in [-0.25, -0.2) is 12.8 Å². The number of benzene rings is 1. The summed E-state index contributed by atoms with van der Waals surface area (Å²) in [5.41, 5.74) is -0.0602. The first kappa shape index (κ1) is 17.2. The SMILES string of the molecule is O=S(=O)(c1ccc(CC(F)(F)F)cc1)N1C[C@@H](F)C[C@H]1CO. The minimum absolute atomic E-state index is 0.0602. The molecule has 0 unspecified atom stereocenters. The van der Waals surface area contributed by atoms with Gasteiger partial charge in [0.15, 0.2) is 0 Å². The van der Waals surface area contributed by atoms with Crippen molar-refractivity contribution in [2.75, 3.05) is 13.2 Å². The van der Waals surface area contributed by atoms with Gasteiger partial charge in [0, 0.05) is 6.54 Å². The fourth-order valence-electron chi connectivity index (χ4n) is 2.44. The Morgan fingerprint density at radius 3 is 2.32 bits per heavy atom. The van der Waals surface area contributed by atoms with E-state index in [4.69, 9.17) is 5.11 Å². The quantitative estimate of drug-likeness (QED) is 0.851. The van der Waals surface area contributed by atoms with Crippen molar-refractivity contribution in [1.29, 1.82) is 0 Å². The molecule has 1 aromatic rings. The van der Waals surface area contributed by atoms with E-state index in [0.29, 0.717) is 0 Å². The van der Waals surface area contributed by atoms with Crippen LogP contribution in [0.15, 0.2) is 29.2 Å². The van der Waals surface area contributed by atoms with Crippen LogP contribution in [0.5, 0.6) is 0 Å². The third-order valence-corrected chi connectivity index (χ3v) is 5.39. The van der Waals surface area contributed by atoms with Crippen LogP contribution in [0.2, 0.25) is 0 Å². The molecule has 0 aromatic heterocycles. The van der Waals surface area contributed by atoms with Crippen LogP contribution in [-0.2, 0) is 16.4 Å². The van der Waals surface area contributed by atoms with Crippen molar-refractivity contribution in [3.8, 4) is 0 Å². The summed E-state index contributed by atoms with van der Waals surface area (Å²) in [6.45, 7) is -0.871. The third kappa shape index (κ3) is 3.76. The number of nitrogens with zero attached hydrogens (tertiary/aromatic N) is 1. The molecule has 0 aliphatic carbocycles. The van der Waals surface area contributed by atoms with Crippen LogP contribution < -0.4 is 0 Å². The molecule has 2 atom stereocenters. The lowest BCUT2D eigenvalue weighted by molar-refractivity contribution is -0.127. The van der Waals surface area contributed by atoms with E-state index in [2.05, 4.69) is 0 Å². The van der Waals surface area contributed by atoms with Crippen molar-refractivity contribution < 1.29 is 31.1 Å². The van der Waals surface area contributed by atoms with E-state index < -0.39 is 41.4 Å². The Balaban J connectivity index is 2.23. The van der Waals surface area contributed by atoms with Crippen LogP contribution in [0.3, 0.4) is 0 Å². The summed E-state index contributed by atoms with van der Waals surface area (Å²) < 4.78 is 75.8. The van der Waals surface area contributed by atoms with Gasteiger partial charge >= 0.3 is 6.18 Å². The minimum Gasteiger partial charge on any atom is -0.395 e. The molecule has 0 bridgehead atoms. The molecular formula is C13H15F4NO3S. The van der Waals surface area contributed by atoms with Gasteiger partial charge in [-0.3, -0.25) is 0 Å². The van der Waals surface area contributed by atoms with Gasteiger partial charge in [-0.05, 0) is 24.1 Å². The highest BCUT2D eigenvalue weighted by Crippen LogP contribution is 2.28. The van der Waals surface area contributed by atoms with Gasteiger partial charge in [-0.15, -0.1) is 0 Å². The fraction of sp³-hybridized carbons (Fsp3) is 0.538. The second-order valence-electron chi connectivity index (χ2n) is 5.18. The molecule has 2 rings (SSSR count). The largest absolute Gasteiger partial charge is 0.395 e. The normalized spacial score (nSPS) is 23.9. The minimum atomic E-state index is -4.38. The molecule has 0 amide bonds. The molecule has 22 heavy (non-hydrogen) atoms. The Kier molecular flexibility index (Phi) is 4.78. The van der Waals surface area contributed by atoms with Gasteiger partial charge < -0.3 is 5.11 Å². The second kappa shape index (κ2) is 6.13. The third-order valence-electron chi connectivity index (χ3n) is 3.46. The number of hydrogen-bond acceptors (Lipinski definition) is 3. The smallest absolute Gasteiger partial charge is 0.393 e. The highest BCUT2D eigenvalue weighted by atomic mass is 32.2. The Morgan fingerprint density at radius 1 is 1.23 bits per heavy atom. The zero-order chi connectivity index (χ0) is 16.5. The molecule has 0 spiro atoms. The van der Waals surface area contributed by atoms with Crippen molar-refractivity contribution >= 4 is 10.0 Å². The maximum Gasteiger partial charge on any atom is 0.393 e. The zero-order valence-electron chi connectivity index (χ0n) is 11.4. The molecule has 1 heterocycles. The standard InChI is InChI=1S/C13H15F4NO3S/c14-10-5-11(8-19)18(7-10)22(20,21)12-3-1-9(2-4-12)6-13(15,16)17/h1-4,10-11,19H,5-8H2/t10-,11-/m0/s1. The lowest BCUT2D eigenvalue weighted by atomic mass is 10.1. The average molecular weight is 341 g/mol. The first-order chi connectivity index (χ1) is 10.1. The zero-order valence-corrected chi connectivity index (χ0v) is 12.2. The number of aliphatic hydroxyl groups is 1. The summed E-state index contributed by atoms with van der Waals surface area (Å²) in [4.78, 5) is -0.217. The predicted molar refractivity (Wildman–Crippen MR) is 70.5 cm³/mol. The fourth-order valence-corrected chi connectivity index (χ4v) is 4.09. The van der Waals surface area contributed by atoms with Gasteiger partial charge in [-0.2, -0.15) is 17.5 Å². The van der Waals surface area contributed by atoms with Crippen LogP contribution in [0.25, 0.3) is 0 Å². The molecule has 1 aromatic carbocycles. The van der Waals surface area contributed by atoms with Crippen molar-refractivity contribution in [2.24, 2.45) is 0 Å². The van der Waals surface area contributed by atoms with E-state index in [1.54, 1.807) is 0 Å². The molecule has 9 heteroatoms. The molecule has 1 fully saturated rings. The van der Waals surface area contributed by atoms with Crippen molar-refractivity contribution in [3.63, 3.8) is 0 Å². The van der Waals surface area contributed by atoms with Crippen LogP contribution in [0, 0.1) is 0 Å². The molecule has 1 aliphatic heterocycles. The molecule has 1 saturated heterocycles. The van der Waals surface area contributed by atoms with Crippen LogP contribution in [0.1, 0.15) is 12.0 Å². The average Bonchev–Trinajstić information content (AvgIpc) is 2.79. The van der Waals surface area contributed by atoms with Crippen LogP contribution in [0.4, 0.5) is 17.6 Å². The van der Waals surface area contributed by atoms with Crippen molar-refractivity contribution in [3.05, 3.63) is 29.8 Å². The monoisotopic (exact) mass is 341 g/mol. The molecule has 4 nitrogen and oxygen atoms in total. The second-order valence-corrected chi connectivity index (χ2v) is 7.07. The summed E-state index contributed by atoms with van der Waals surface area (Å²) in [7, 11) is -4.04. The number of hydrogen-bond donors (Lipinski definition) is 1. The topological polar surface area (TPSA) is 57.6 Å². The highest BCUT2D eigenvalue weighted by molar-refractivity contribution is 7.89. The number of alkyl halides is 4. The van der Waals surface area contributed by atoms with Gasteiger partial charge in [0.1, 0.15) is 6.17 Å². The van der Waals surface area contributed by atoms with E-state index in [1.807, 2.05) is 0 Å². The maximum absolute atomic E-state index is 13.4. The van der Waals surface area contributed by atoms with Gasteiger partial charge in [0.2, 0.25) is 10.0 Å². The summed E-state index contributed by atoms with van der Waals surface area (Å²) in [5.74, 6) is 0. The lowest BCUT2D eigenvalue weighted by Gasteiger charge is -2.22. The Labute approximate surface area is 125 Å². The summed E-state index contributed by atoms with van der Waals surface area (Å²) in [6, 6.07) is 3.44. The van der Waals surface area contributed by atoms with Crippen LogP contribution >= 0.6 is 0 Å². The van der Waals surface area contributed by atoms with Crippen LogP contribution in [-0.4, -0.2) is 49.4 Å². The van der Waals surface area contributed by atoms with E-state index >= 15 is 0 Å². The predicted octanol–water partition coefficient (Wildman–Crippen LogP) is 1.88. The molecule has 1 N–H and O–H groups in total. The molecular weight excluding hydrogens is 326 g/mol. The van der Waals surface area contributed by atoms with Crippen molar-refractivity contribution in [1.82, 2.24) is 4.31 Å². The summed E-state index contributed by atoms with van der Waals surface area (Å²) in [6.07, 6.45) is -6.99. The number of aliphatic hydroxyl groups excluding tert-OH is 1. The molecule has 0 saturated carbocycles. The Bertz CT molecular complexity index is 615. The lowest BCUT2D eigenvalue weighted by Crippen LogP contribution is -2.37. The van der Waals surface area contributed by atoms with Gasteiger partial charge in [-0.1, -0.05) is 12.1 Å². The molecule has 124 valence electrons. The number of rotatable bonds is 4. The first-order valence-corrected chi connectivity index (χ1v) is 8.00. The first-order valence-electron chi connectivity index (χ1n) is 6.56. The number of sulfonamides is 1. The van der Waals surface area contributed by atoms with Crippen molar-refractivity contribution in [2.45, 2.75) is 36.1 Å².